The number of benzene rings is 1. The standard InChI is InChI=1S/C22H29N5O7S/c1-11(25-20(31)14(23)8-12-9-24-15-5-3-2-4-13(12)15)19(30)26-16(6-7-18(28)29)21(32)27-17(10-35)22(33)34/h2-5,9,11,14,16-17,24,35H,6-8,10,23H2,1H3,(H,25,31)(H,26,30)(H,27,32)(H,28,29)(H,33,34). The molecule has 8 N–H and O–H groups in total. The van der Waals surface area contributed by atoms with Gasteiger partial charge in [0.05, 0.1) is 6.04 Å². The predicted octanol–water partition coefficient (Wildman–Crippen LogP) is -0.609. The Kier molecular flexibility index (Phi) is 10.1. The van der Waals surface area contributed by atoms with E-state index in [9.17, 15) is 24.0 Å². The molecule has 4 unspecified atom stereocenters. The third-order valence-corrected chi connectivity index (χ3v) is 5.65. The number of nitrogens with one attached hydrogen (secondary N) is 4. The van der Waals surface area contributed by atoms with Crippen molar-refractivity contribution < 1.29 is 34.2 Å². The number of thiol groups is 1. The van der Waals surface area contributed by atoms with E-state index in [2.05, 4.69) is 33.6 Å². The Labute approximate surface area is 206 Å². The van der Waals surface area contributed by atoms with Crippen molar-refractivity contribution in [2.75, 3.05) is 5.75 Å². The van der Waals surface area contributed by atoms with Crippen LogP contribution in [-0.2, 0) is 30.4 Å². The molecule has 3 amide bonds. The number of rotatable bonds is 13. The number of H-pyrrole nitrogens is 1. The van der Waals surface area contributed by atoms with Crippen LogP contribution in [0.5, 0.6) is 0 Å². The first-order valence-corrected chi connectivity index (χ1v) is 11.4. The van der Waals surface area contributed by atoms with Gasteiger partial charge in [0.25, 0.3) is 0 Å². The zero-order valence-corrected chi connectivity index (χ0v) is 19.9. The van der Waals surface area contributed by atoms with E-state index in [-0.39, 0.29) is 18.6 Å². The number of amides is 3. The molecule has 0 aliphatic carbocycles. The van der Waals surface area contributed by atoms with E-state index in [0.29, 0.717) is 0 Å². The number of hydrogen-bond acceptors (Lipinski definition) is 7. The van der Waals surface area contributed by atoms with Crippen molar-refractivity contribution in [1.29, 1.82) is 0 Å². The van der Waals surface area contributed by atoms with Crippen LogP contribution in [-0.4, -0.2) is 74.8 Å². The Morgan fingerprint density at radius 2 is 1.66 bits per heavy atom. The minimum absolute atomic E-state index is 0.207. The van der Waals surface area contributed by atoms with Crippen LogP contribution in [0, 0.1) is 0 Å². The van der Waals surface area contributed by atoms with Crippen molar-refractivity contribution in [3.05, 3.63) is 36.0 Å². The Hall–Kier alpha value is -3.58. The van der Waals surface area contributed by atoms with Crippen molar-refractivity contribution in [2.24, 2.45) is 5.73 Å². The van der Waals surface area contributed by atoms with Crippen molar-refractivity contribution in [3.63, 3.8) is 0 Å². The van der Waals surface area contributed by atoms with E-state index in [4.69, 9.17) is 15.9 Å². The largest absolute Gasteiger partial charge is 0.481 e. The molecule has 13 heteroatoms. The average molecular weight is 508 g/mol. The number of carbonyl (C=O) groups excluding carboxylic acids is 3. The molecule has 2 aromatic rings. The highest BCUT2D eigenvalue weighted by Crippen LogP contribution is 2.18. The summed E-state index contributed by atoms with van der Waals surface area (Å²) >= 11 is 3.85. The summed E-state index contributed by atoms with van der Waals surface area (Å²) in [5.74, 6) is -4.98. The fraction of sp³-hybridized carbons (Fsp3) is 0.409. The summed E-state index contributed by atoms with van der Waals surface area (Å²) in [6.45, 7) is 1.38. The third kappa shape index (κ3) is 8.00. The summed E-state index contributed by atoms with van der Waals surface area (Å²) in [5, 5.41) is 26.0. The molecule has 0 aliphatic rings. The van der Waals surface area contributed by atoms with Crippen molar-refractivity contribution in [3.8, 4) is 0 Å². The van der Waals surface area contributed by atoms with Gasteiger partial charge >= 0.3 is 11.9 Å². The van der Waals surface area contributed by atoms with Gasteiger partial charge in [-0.2, -0.15) is 12.6 Å². The van der Waals surface area contributed by atoms with Crippen LogP contribution in [0.15, 0.2) is 30.5 Å². The van der Waals surface area contributed by atoms with Crippen LogP contribution >= 0.6 is 12.6 Å². The second-order valence-corrected chi connectivity index (χ2v) is 8.34. The number of hydrogen-bond donors (Lipinski definition) is 8. The molecule has 0 bridgehead atoms. The highest BCUT2D eigenvalue weighted by Gasteiger charge is 2.29. The molecule has 0 saturated heterocycles. The van der Waals surface area contributed by atoms with Crippen molar-refractivity contribution >= 4 is 53.2 Å². The number of carboxylic acid groups (broad SMARTS) is 2. The lowest BCUT2D eigenvalue weighted by molar-refractivity contribution is -0.142. The molecular weight excluding hydrogens is 478 g/mol. The van der Waals surface area contributed by atoms with Crippen molar-refractivity contribution in [1.82, 2.24) is 20.9 Å². The molecule has 1 aromatic heterocycles. The van der Waals surface area contributed by atoms with E-state index < -0.39 is 60.2 Å². The highest BCUT2D eigenvalue weighted by atomic mass is 32.1. The zero-order valence-electron chi connectivity index (χ0n) is 19.0. The second-order valence-electron chi connectivity index (χ2n) is 7.98. The van der Waals surface area contributed by atoms with Gasteiger partial charge in [-0.1, -0.05) is 18.2 Å². The Morgan fingerprint density at radius 3 is 2.29 bits per heavy atom. The van der Waals surface area contributed by atoms with Crippen molar-refractivity contribution in [2.45, 2.75) is 50.4 Å². The highest BCUT2D eigenvalue weighted by molar-refractivity contribution is 7.80. The maximum absolute atomic E-state index is 12.6. The van der Waals surface area contributed by atoms with E-state index in [1.807, 2.05) is 24.3 Å². The van der Waals surface area contributed by atoms with Gasteiger partial charge in [-0.15, -0.1) is 0 Å². The van der Waals surface area contributed by atoms with Crippen LogP contribution in [0.2, 0.25) is 0 Å². The molecule has 0 aliphatic heterocycles. The topological polar surface area (TPSA) is 204 Å². The fourth-order valence-electron chi connectivity index (χ4n) is 3.31. The van der Waals surface area contributed by atoms with Crippen LogP contribution in [0.1, 0.15) is 25.3 Å². The molecule has 0 saturated carbocycles. The smallest absolute Gasteiger partial charge is 0.327 e. The summed E-state index contributed by atoms with van der Waals surface area (Å²) < 4.78 is 0. The Balaban J connectivity index is 1.99. The van der Waals surface area contributed by atoms with Gasteiger partial charge in [0.2, 0.25) is 17.7 Å². The first-order valence-electron chi connectivity index (χ1n) is 10.8. The van der Waals surface area contributed by atoms with Crippen LogP contribution in [0.4, 0.5) is 0 Å². The first kappa shape index (κ1) is 27.7. The Bertz CT molecular complexity index is 1090. The lowest BCUT2D eigenvalue weighted by Crippen LogP contribution is -2.56. The molecule has 1 heterocycles. The number of aliphatic carboxylic acids is 2. The number of nitrogens with two attached hydrogens (primary N) is 1. The number of para-hydroxylation sites is 1. The summed E-state index contributed by atoms with van der Waals surface area (Å²) in [6, 6.07) is 2.81. The fourth-order valence-corrected chi connectivity index (χ4v) is 3.55. The molecule has 1 aromatic carbocycles. The number of aromatic nitrogens is 1. The molecule has 0 radical (unpaired) electrons. The maximum Gasteiger partial charge on any atom is 0.327 e. The number of carbonyl (C=O) groups is 5. The van der Waals surface area contributed by atoms with Gasteiger partial charge in [0, 0.05) is 29.3 Å². The second kappa shape index (κ2) is 12.8. The molecule has 0 fully saturated rings. The average Bonchev–Trinajstić information content (AvgIpc) is 3.22. The molecule has 190 valence electrons. The van der Waals surface area contributed by atoms with Gasteiger partial charge in [0.1, 0.15) is 18.1 Å². The quantitative estimate of drug-likeness (QED) is 0.164. The number of aromatic amines is 1. The Morgan fingerprint density at radius 1 is 1.00 bits per heavy atom. The summed E-state index contributed by atoms with van der Waals surface area (Å²) in [5.41, 5.74) is 7.76. The van der Waals surface area contributed by atoms with E-state index in [1.165, 1.54) is 6.92 Å². The normalized spacial score (nSPS) is 14.4. The SMILES string of the molecule is CC(NC(=O)C(N)Cc1c[nH]c2ccccc12)C(=O)NC(CCC(=O)O)C(=O)NC(CS)C(=O)O. The molecule has 4 atom stereocenters. The van der Waals surface area contributed by atoms with Crippen LogP contribution in [0.25, 0.3) is 10.9 Å². The zero-order chi connectivity index (χ0) is 26.1. The predicted molar refractivity (Wildman–Crippen MR) is 130 cm³/mol. The maximum atomic E-state index is 12.6. The van der Waals surface area contributed by atoms with Gasteiger partial charge < -0.3 is 36.9 Å². The van der Waals surface area contributed by atoms with E-state index in [1.54, 1.807) is 6.20 Å². The van der Waals surface area contributed by atoms with Gasteiger partial charge in [-0.25, -0.2) is 4.79 Å². The summed E-state index contributed by atoms with van der Waals surface area (Å²) in [7, 11) is 0. The third-order valence-electron chi connectivity index (χ3n) is 5.28. The summed E-state index contributed by atoms with van der Waals surface area (Å²) in [4.78, 5) is 62.8. The lowest BCUT2D eigenvalue weighted by atomic mass is 10.0. The first-order chi connectivity index (χ1) is 16.5. The van der Waals surface area contributed by atoms with Gasteiger partial charge in [-0.05, 0) is 31.4 Å². The van der Waals surface area contributed by atoms with Crippen LogP contribution in [0.3, 0.4) is 0 Å². The molecule has 2 rings (SSSR count). The molecular formula is C22H29N5O7S. The molecule has 35 heavy (non-hydrogen) atoms. The number of carboxylic acids is 2. The lowest BCUT2D eigenvalue weighted by Gasteiger charge is -2.23. The van der Waals surface area contributed by atoms with Gasteiger partial charge in [0.15, 0.2) is 0 Å². The van der Waals surface area contributed by atoms with Crippen LogP contribution < -0.4 is 21.7 Å². The van der Waals surface area contributed by atoms with Gasteiger partial charge in [-0.3, -0.25) is 19.2 Å². The molecule has 12 nitrogen and oxygen atoms in total. The minimum Gasteiger partial charge on any atom is -0.481 e. The van der Waals surface area contributed by atoms with E-state index in [0.717, 1.165) is 16.5 Å². The molecule has 0 spiro atoms. The summed E-state index contributed by atoms with van der Waals surface area (Å²) in [6.07, 6.45) is 1.24. The monoisotopic (exact) mass is 507 g/mol. The number of fused-ring (bicyclic) bond motifs is 1. The minimum atomic E-state index is -1.33. The van der Waals surface area contributed by atoms with E-state index >= 15 is 0 Å².